The van der Waals surface area contributed by atoms with Gasteiger partial charge in [-0.2, -0.15) is 76.4 Å². The van der Waals surface area contributed by atoms with Gasteiger partial charge in [0.1, 0.15) is 11.6 Å². The van der Waals surface area contributed by atoms with E-state index >= 15 is 13.2 Å². The van der Waals surface area contributed by atoms with Crippen LogP contribution in [0.5, 0.6) is 0 Å². The quantitative estimate of drug-likeness (QED) is 0.161. The van der Waals surface area contributed by atoms with Crippen LogP contribution in [0.25, 0.3) is 88.4 Å². The van der Waals surface area contributed by atoms with Crippen molar-refractivity contribution >= 4 is 43.6 Å². The third-order valence-corrected chi connectivity index (χ3v) is 12.8. The number of benzene rings is 8. The highest BCUT2D eigenvalue weighted by atomic mass is 19.4. The molecule has 0 bridgehead atoms. The number of rotatable bonds is 5. The summed E-state index contributed by atoms with van der Waals surface area (Å²) >= 11 is 0. The van der Waals surface area contributed by atoms with E-state index < -0.39 is 92.1 Å². The molecule has 0 fully saturated rings. The average Bonchev–Trinajstić information content (AvgIpc) is 3.85. The molecule has 10 aromatic rings. The summed E-state index contributed by atoms with van der Waals surface area (Å²) in [6.07, 6.45) is -26.1. The Labute approximate surface area is 406 Å². The summed E-state index contributed by atoms with van der Waals surface area (Å²) in [5.41, 5.74) is -11.9. The Hall–Kier alpha value is -8.71. The average molecular weight is 1030 g/mol. The third kappa shape index (κ3) is 8.08. The van der Waals surface area contributed by atoms with Gasteiger partial charge in [-0.25, -0.2) is 0 Å². The Morgan fingerprint density at radius 2 is 0.797 bits per heavy atom. The molecule has 8 aromatic carbocycles. The molecule has 0 spiro atoms. The molecule has 2 aromatic heterocycles. The number of nitrogens with zero attached hydrogens (tertiary/aromatic N) is 4. The Balaban J connectivity index is 1.35. The molecule has 4 nitrogen and oxygen atoms in total. The molecule has 0 N–H and O–H groups in total. The Bertz CT molecular complexity index is 4040. The highest BCUT2D eigenvalue weighted by molar-refractivity contribution is 6.13. The highest BCUT2D eigenvalue weighted by Crippen LogP contribution is 2.49. The molecule has 2 heterocycles. The van der Waals surface area contributed by atoms with E-state index in [0.29, 0.717) is 46.5 Å². The van der Waals surface area contributed by atoms with Gasteiger partial charge >= 0.3 is 30.9 Å². The molecule has 19 heteroatoms. The van der Waals surface area contributed by atoms with Gasteiger partial charge in [0.05, 0.1) is 72.9 Å². The van der Waals surface area contributed by atoms with E-state index in [1.165, 1.54) is 69.8 Å². The molecule has 0 saturated carbocycles. The Kier molecular flexibility index (Phi) is 11.2. The summed E-state index contributed by atoms with van der Waals surface area (Å²) in [5.74, 6) is 0. The smallest absolute Gasteiger partial charge is 0.308 e. The van der Waals surface area contributed by atoms with Crippen molar-refractivity contribution in [1.82, 2.24) is 9.13 Å². The van der Waals surface area contributed by atoms with Crippen molar-refractivity contribution in [2.75, 3.05) is 0 Å². The van der Waals surface area contributed by atoms with Crippen LogP contribution >= 0.6 is 0 Å². The summed E-state index contributed by atoms with van der Waals surface area (Å²) < 4.78 is 219. The van der Waals surface area contributed by atoms with Gasteiger partial charge in [0.15, 0.2) is 0 Å². The molecular weight excluding hydrogens is 1000 g/mol. The molecule has 74 heavy (non-hydrogen) atoms. The van der Waals surface area contributed by atoms with Crippen LogP contribution in [0.2, 0.25) is 0 Å². The number of halogens is 15. The topological polar surface area (TPSA) is 57.4 Å². The van der Waals surface area contributed by atoms with Gasteiger partial charge in [0.2, 0.25) is 0 Å². The molecule has 0 saturated heterocycles. The molecule has 0 aliphatic heterocycles. The van der Waals surface area contributed by atoms with Crippen LogP contribution in [0.4, 0.5) is 65.9 Å². The lowest BCUT2D eigenvalue weighted by Crippen LogP contribution is -2.12. The number of hydrogen-bond donors (Lipinski definition) is 0. The van der Waals surface area contributed by atoms with Gasteiger partial charge in [-0.05, 0) is 89.0 Å². The first-order valence-electron chi connectivity index (χ1n) is 21.6. The summed E-state index contributed by atoms with van der Waals surface area (Å²) in [6, 6.07) is 31.3. The van der Waals surface area contributed by atoms with Crippen molar-refractivity contribution in [2.24, 2.45) is 0 Å². The molecule has 0 atom stereocenters. The summed E-state index contributed by atoms with van der Waals surface area (Å²) in [5, 5.41) is 23.3. The maximum atomic E-state index is 15.2. The molecule has 10 rings (SSSR count). The summed E-state index contributed by atoms with van der Waals surface area (Å²) in [4.78, 5) is 0. The summed E-state index contributed by atoms with van der Waals surface area (Å²) in [6.45, 7) is 0. The molecule has 0 aliphatic rings. The van der Waals surface area contributed by atoms with Crippen molar-refractivity contribution < 1.29 is 65.9 Å². The van der Waals surface area contributed by atoms with Crippen LogP contribution in [0.1, 0.15) is 38.9 Å². The number of alkyl halides is 15. The predicted octanol–water partition coefficient (Wildman–Crippen LogP) is 17.7. The van der Waals surface area contributed by atoms with E-state index in [4.69, 9.17) is 0 Å². The second-order valence-electron chi connectivity index (χ2n) is 17.0. The van der Waals surface area contributed by atoms with Crippen LogP contribution in [0.15, 0.2) is 152 Å². The van der Waals surface area contributed by atoms with Crippen LogP contribution in [0, 0.1) is 22.7 Å². The third-order valence-electron chi connectivity index (χ3n) is 12.8. The van der Waals surface area contributed by atoms with Crippen molar-refractivity contribution in [2.45, 2.75) is 30.9 Å². The molecular formula is C55H25F15N4. The largest absolute Gasteiger partial charge is 0.417 e. The second-order valence-corrected chi connectivity index (χ2v) is 17.0. The van der Waals surface area contributed by atoms with Gasteiger partial charge < -0.3 is 9.13 Å². The number of fused-ring (bicyclic) bond motifs is 6. The number of para-hydroxylation sites is 2. The maximum Gasteiger partial charge on any atom is 0.417 e. The minimum Gasteiger partial charge on any atom is -0.308 e. The van der Waals surface area contributed by atoms with Crippen LogP contribution in [-0.4, -0.2) is 9.13 Å². The van der Waals surface area contributed by atoms with Crippen molar-refractivity contribution in [3.05, 3.63) is 191 Å². The predicted molar refractivity (Wildman–Crippen MR) is 246 cm³/mol. The minimum absolute atomic E-state index is 0.0270. The van der Waals surface area contributed by atoms with Crippen molar-refractivity contribution in [3.8, 4) is 56.9 Å². The van der Waals surface area contributed by atoms with Crippen molar-refractivity contribution in [3.63, 3.8) is 0 Å². The van der Waals surface area contributed by atoms with Crippen LogP contribution in [-0.2, 0) is 30.9 Å². The van der Waals surface area contributed by atoms with E-state index in [-0.39, 0.29) is 62.1 Å². The van der Waals surface area contributed by atoms with Gasteiger partial charge in [0, 0.05) is 32.7 Å². The number of hydrogen-bond acceptors (Lipinski definition) is 2. The van der Waals surface area contributed by atoms with Gasteiger partial charge in [-0.1, -0.05) is 84.9 Å². The summed E-state index contributed by atoms with van der Waals surface area (Å²) in [7, 11) is 0. The standard InChI is InChI=1S/C55H25F15N4/c56-51(57,58)31-14-18-33(42(24-31)54(65,66)67)28-12-16-37-35-7-1-3-10-44(35)73(47(37)22-28)46-21-20-39(49-30(26-71)6-5-9-41(49)53(62,63)64)50(40(46)27-72)74-45-11-4-2-8-36(45)38-17-13-29(23-48(38)74)34-19-15-32(52(59,60)61)25-43(34)55(68,69)70/h1-25H. The Morgan fingerprint density at radius 3 is 1.26 bits per heavy atom. The zero-order chi connectivity index (χ0) is 53.0. The lowest BCUT2D eigenvalue weighted by atomic mass is 9.90. The maximum absolute atomic E-state index is 15.2. The van der Waals surface area contributed by atoms with Crippen LogP contribution in [0.3, 0.4) is 0 Å². The fourth-order valence-electron chi connectivity index (χ4n) is 9.67. The fraction of sp³-hybridized carbons (Fsp3) is 0.0909. The minimum atomic E-state index is -5.34. The van der Waals surface area contributed by atoms with Crippen molar-refractivity contribution in [1.29, 1.82) is 10.5 Å². The monoisotopic (exact) mass is 1030 g/mol. The number of nitriles is 2. The van der Waals surface area contributed by atoms with Gasteiger partial charge in [-0.3, -0.25) is 0 Å². The van der Waals surface area contributed by atoms with Crippen LogP contribution < -0.4 is 0 Å². The van der Waals surface area contributed by atoms with E-state index in [9.17, 15) is 63.2 Å². The number of aromatic nitrogens is 2. The Morgan fingerprint density at radius 1 is 0.351 bits per heavy atom. The lowest BCUT2D eigenvalue weighted by Gasteiger charge is -2.23. The first kappa shape index (κ1) is 48.9. The van der Waals surface area contributed by atoms with E-state index in [1.807, 2.05) is 0 Å². The first-order valence-corrected chi connectivity index (χ1v) is 21.6. The first-order chi connectivity index (χ1) is 34.8. The zero-order valence-corrected chi connectivity index (χ0v) is 36.9. The fourth-order valence-corrected chi connectivity index (χ4v) is 9.67. The van der Waals surface area contributed by atoms with E-state index in [0.717, 1.165) is 12.1 Å². The second kappa shape index (κ2) is 16.9. The molecule has 370 valence electrons. The normalized spacial score (nSPS) is 12.8. The molecule has 0 aliphatic carbocycles. The lowest BCUT2D eigenvalue weighted by molar-refractivity contribution is -0.144. The van der Waals surface area contributed by atoms with E-state index in [2.05, 4.69) is 6.07 Å². The molecule has 0 radical (unpaired) electrons. The van der Waals surface area contributed by atoms with Gasteiger partial charge in [0.25, 0.3) is 0 Å². The van der Waals surface area contributed by atoms with Gasteiger partial charge in [-0.15, -0.1) is 0 Å². The molecule has 0 unspecified atom stereocenters. The zero-order valence-electron chi connectivity index (χ0n) is 36.9. The molecule has 0 amide bonds. The van der Waals surface area contributed by atoms with E-state index in [1.54, 1.807) is 42.5 Å². The SMILES string of the molecule is N#Cc1cccc(C(F)(F)F)c1-c1ccc(-n2c3ccccc3c3ccc(-c4ccc(C(F)(F)F)cc4C(F)(F)F)cc32)c(C#N)c1-n1c2ccccc2c2ccc(-c3ccc(C(F)(F)F)cc3C(F)(F)F)cc21. The highest BCUT2D eigenvalue weighted by Gasteiger charge is 2.41.